The third-order valence-corrected chi connectivity index (χ3v) is 3.31. The van der Waals surface area contributed by atoms with Gasteiger partial charge in [0.15, 0.2) is 6.04 Å². The van der Waals surface area contributed by atoms with E-state index >= 15 is 0 Å². The fourth-order valence-electron chi connectivity index (χ4n) is 2.32. The highest BCUT2D eigenvalue weighted by Crippen LogP contribution is 2.16. The van der Waals surface area contributed by atoms with Gasteiger partial charge in [-0.05, 0) is 38.0 Å². The van der Waals surface area contributed by atoms with Gasteiger partial charge in [0.05, 0.1) is 6.61 Å². The molecule has 2 N–H and O–H groups in total. The number of carbonyl (C=O) groups excluding carboxylic acids is 2. The molecule has 1 heterocycles. The quantitative estimate of drug-likeness (QED) is 0.834. The molecular formula is C17H20N2O3. The van der Waals surface area contributed by atoms with Crippen LogP contribution in [0.4, 0.5) is 0 Å². The number of amides is 1. The monoisotopic (exact) mass is 300 g/mol. The lowest BCUT2D eigenvalue weighted by atomic mass is 10.1. The number of carbonyl (C=O) groups is 2. The van der Waals surface area contributed by atoms with E-state index < -0.39 is 12.0 Å². The maximum absolute atomic E-state index is 12.4. The lowest BCUT2D eigenvalue weighted by Gasteiger charge is -2.17. The van der Waals surface area contributed by atoms with Gasteiger partial charge >= 0.3 is 5.97 Å². The van der Waals surface area contributed by atoms with Crippen molar-refractivity contribution in [2.45, 2.75) is 26.8 Å². The molecule has 1 aromatic heterocycles. The highest BCUT2D eigenvalue weighted by atomic mass is 16.5. The molecule has 1 atom stereocenters. The number of aromatic nitrogens is 1. The zero-order valence-electron chi connectivity index (χ0n) is 13.0. The maximum atomic E-state index is 12.4. The lowest BCUT2D eigenvalue weighted by molar-refractivity contribution is -0.145. The summed E-state index contributed by atoms with van der Waals surface area (Å²) in [5.74, 6) is -0.796. The number of aryl methyl sites for hydroxylation is 2. The van der Waals surface area contributed by atoms with Crippen molar-refractivity contribution in [3.63, 3.8) is 0 Å². The molecule has 0 aliphatic heterocycles. The molecule has 0 aliphatic rings. The van der Waals surface area contributed by atoms with Crippen molar-refractivity contribution < 1.29 is 14.3 Å². The number of rotatable bonds is 5. The van der Waals surface area contributed by atoms with Crippen LogP contribution in [-0.2, 0) is 9.53 Å². The number of hydrogen-bond donors (Lipinski definition) is 2. The van der Waals surface area contributed by atoms with Gasteiger partial charge in [0.25, 0.3) is 5.91 Å². The summed E-state index contributed by atoms with van der Waals surface area (Å²) in [4.78, 5) is 27.6. The normalized spacial score (nSPS) is 11.8. The van der Waals surface area contributed by atoms with E-state index in [1.807, 2.05) is 38.1 Å². The second-order valence-corrected chi connectivity index (χ2v) is 5.08. The van der Waals surface area contributed by atoms with Gasteiger partial charge in [-0.15, -0.1) is 0 Å². The van der Waals surface area contributed by atoms with Crippen LogP contribution in [0.15, 0.2) is 36.4 Å². The number of esters is 1. The molecule has 1 amide bonds. The Bertz CT molecular complexity index is 662. The van der Waals surface area contributed by atoms with E-state index in [2.05, 4.69) is 10.3 Å². The van der Waals surface area contributed by atoms with Crippen LogP contribution >= 0.6 is 0 Å². The molecule has 0 fully saturated rings. The first-order chi connectivity index (χ1) is 10.5. The summed E-state index contributed by atoms with van der Waals surface area (Å²) in [6.07, 6.45) is 0. The van der Waals surface area contributed by atoms with Crippen LogP contribution in [0.1, 0.15) is 40.3 Å². The summed E-state index contributed by atoms with van der Waals surface area (Å²) >= 11 is 0. The van der Waals surface area contributed by atoms with Crippen LogP contribution in [0.25, 0.3) is 0 Å². The van der Waals surface area contributed by atoms with E-state index in [0.717, 1.165) is 11.3 Å². The number of benzene rings is 1. The van der Waals surface area contributed by atoms with Crippen LogP contribution in [0.3, 0.4) is 0 Å². The third kappa shape index (κ3) is 3.55. The predicted octanol–water partition coefficient (Wildman–Crippen LogP) is 2.67. The molecular weight excluding hydrogens is 280 g/mol. The first kappa shape index (κ1) is 15.8. The Hall–Kier alpha value is -2.56. The second kappa shape index (κ2) is 6.93. The smallest absolute Gasteiger partial charge is 0.333 e. The van der Waals surface area contributed by atoms with Crippen LogP contribution in [0.2, 0.25) is 0 Å². The first-order valence-electron chi connectivity index (χ1n) is 7.21. The molecule has 2 aromatic rings. The molecule has 0 saturated carbocycles. The zero-order chi connectivity index (χ0) is 16.1. The lowest BCUT2D eigenvalue weighted by Crippen LogP contribution is -2.35. The van der Waals surface area contributed by atoms with Crippen LogP contribution in [-0.4, -0.2) is 23.5 Å². The molecule has 0 aliphatic carbocycles. The summed E-state index contributed by atoms with van der Waals surface area (Å²) in [6.45, 7) is 5.73. The molecule has 1 aromatic carbocycles. The molecule has 0 bridgehead atoms. The van der Waals surface area contributed by atoms with Gasteiger partial charge in [-0.3, -0.25) is 4.79 Å². The Morgan fingerprint density at radius 3 is 2.45 bits per heavy atom. The van der Waals surface area contributed by atoms with Gasteiger partial charge in [-0.25, -0.2) is 4.79 Å². The highest BCUT2D eigenvalue weighted by Gasteiger charge is 2.25. The Kier molecular flexibility index (Phi) is 4.99. The van der Waals surface area contributed by atoms with E-state index in [9.17, 15) is 9.59 Å². The largest absolute Gasteiger partial charge is 0.464 e. The average Bonchev–Trinajstić information content (AvgIpc) is 2.84. The Morgan fingerprint density at radius 1 is 1.23 bits per heavy atom. The van der Waals surface area contributed by atoms with E-state index in [-0.39, 0.29) is 12.5 Å². The Labute approximate surface area is 129 Å². The summed E-state index contributed by atoms with van der Waals surface area (Å²) < 4.78 is 5.07. The summed E-state index contributed by atoms with van der Waals surface area (Å²) in [7, 11) is 0. The Balaban J connectivity index is 2.25. The highest BCUT2D eigenvalue weighted by molar-refractivity contribution is 5.96. The average molecular weight is 300 g/mol. The van der Waals surface area contributed by atoms with E-state index in [1.54, 1.807) is 19.1 Å². The zero-order valence-corrected chi connectivity index (χ0v) is 13.0. The van der Waals surface area contributed by atoms with Crippen molar-refractivity contribution in [1.29, 1.82) is 0 Å². The van der Waals surface area contributed by atoms with Gasteiger partial charge in [-0.2, -0.15) is 0 Å². The number of ether oxygens (including phenoxy) is 1. The topological polar surface area (TPSA) is 71.2 Å². The van der Waals surface area contributed by atoms with E-state index in [4.69, 9.17) is 4.74 Å². The van der Waals surface area contributed by atoms with Gasteiger partial charge in [0, 0.05) is 5.69 Å². The van der Waals surface area contributed by atoms with Crippen LogP contribution in [0, 0.1) is 13.8 Å². The van der Waals surface area contributed by atoms with Crippen molar-refractivity contribution in [2.75, 3.05) is 6.61 Å². The molecule has 0 spiro atoms. The minimum Gasteiger partial charge on any atom is -0.464 e. The Morgan fingerprint density at radius 2 is 1.91 bits per heavy atom. The standard InChI is InChI=1S/C17H20N2O3/c1-4-22-17(21)15(13-8-6-5-7-9-13)19-16(20)14-11(2)10-12(3)18-14/h5-10,15,18H,4H2,1-3H3,(H,19,20)/t15-/m1/s1. The molecule has 0 radical (unpaired) electrons. The van der Waals surface area contributed by atoms with Gasteiger partial charge in [-0.1, -0.05) is 30.3 Å². The third-order valence-electron chi connectivity index (χ3n) is 3.31. The second-order valence-electron chi connectivity index (χ2n) is 5.08. The molecule has 116 valence electrons. The number of hydrogen-bond acceptors (Lipinski definition) is 3. The predicted molar refractivity (Wildman–Crippen MR) is 83.5 cm³/mol. The maximum Gasteiger partial charge on any atom is 0.333 e. The molecule has 2 rings (SSSR count). The van der Waals surface area contributed by atoms with Gasteiger partial charge in [0.2, 0.25) is 0 Å². The molecule has 5 heteroatoms. The summed E-state index contributed by atoms with van der Waals surface area (Å²) in [6, 6.07) is 10.1. The minimum absolute atomic E-state index is 0.263. The van der Waals surface area contributed by atoms with E-state index in [1.165, 1.54) is 0 Å². The number of nitrogens with one attached hydrogen (secondary N) is 2. The van der Waals surface area contributed by atoms with Crippen molar-refractivity contribution >= 4 is 11.9 Å². The fraction of sp³-hybridized carbons (Fsp3) is 0.294. The van der Waals surface area contributed by atoms with Crippen LogP contribution < -0.4 is 5.32 Å². The van der Waals surface area contributed by atoms with Crippen molar-refractivity contribution in [2.24, 2.45) is 0 Å². The molecule has 22 heavy (non-hydrogen) atoms. The van der Waals surface area contributed by atoms with Crippen molar-refractivity contribution in [3.8, 4) is 0 Å². The summed E-state index contributed by atoms with van der Waals surface area (Å²) in [5.41, 5.74) is 2.89. The fourth-order valence-corrected chi connectivity index (χ4v) is 2.32. The van der Waals surface area contributed by atoms with Gasteiger partial charge < -0.3 is 15.0 Å². The molecule has 0 saturated heterocycles. The van der Waals surface area contributed by atoms with Crippen molar-refractivity contribution in [1.82, 2.24) is 10.3 Å². The first-order valence-corrected chi connectivity index (χ1v) is 7.21. The minimum atomic E-state index is -0.823. The molecule has 0 unspecified atom stereocenters. The van der Waals surface area contributed by atoms with E-state index in [0.29, 0.717) is 11.3 Å². The van der Waals surface area contributed by atoms with Crippen LogP contribution in [0.5, 0.6) is 0 Å². The van der Waals surface area contributed by atoms with Crippen molar-refractivity contribution in [3.05, 3.63) is 58.9 Å². The number of H-pyrrole nitrogens is 1. The van der Waals surface area contributed by atoms with Gasteiger partial charge in [0.1, 0.15) is 5.69 Å². The summed E-state index contributed by atoms with van der Waals surface area (Å²) in [5, 5.41) is 2.74. The number of aromatic amines is 1. The SMILES string of the molecule is CCOC(=O)[C@H](NC(=O)c1[nH]c(C)cc1C)c1ccccc1. The molecule has 5 nitrogen and oxygen atoms in total.